The summed E-state index contributed by atoms with van der Waals surface area (Å²) in [7, 11) is 0. The van der Waals surface area contributed by atoms with E-state index in [0.29, 0.717) is 18.0 Å². The number of nitrogens with one attached hydrogen (secondary N) is 1. The lowest BCUT2D eigenvalue weighted by molar-refractivity contribution is 0.318. The summed E-state index contributed by atoms with van der Waals surface area (Å²) in [5.74, 6) is 0.0377. The minimum Gasteiger partial charge on any atom is -0.409 e. The van der Waals surface area contributed by atoms with Crippen molar-refractivity contribution >= 4 is 5.84 Å². The van der Waals surface area contributed by atoms with Crippen molar-refractivity contribution in [1.29, 1.82) is 0 Å². The highest BCUT2D eigenvalue weighted by molar-refractivity contribution is 5.97. The zero-order valence-corrected chi connectivity index (χ0v) is 11.5. The summed E-state index contributed by atoms with van der Waals surface area (Å²) in [5, 5.41) is 14.6. The van der Waals surface area contributed by atoms with Crippen LogP contribution in [0.15, 0.2) is 23.4 Å². The molecule has 0 saturated heterocycles. The first-order chi connectivity index (χ1) is 9.06. The third-order valence-corrected chi connectivity index (χ3v) is 2.91. The van der Waals surface area contributed by atoms with E-state index in [4.69, 9.17) is 10.9 Å². The number of rotatable bonds is 7. The van der Waals surface area contributed by atoms with E-state index < -0.39 is 5.82 Å². The minimum absolute atomic E-state index is 0.129. The topological polar surface area (TPSA) is 70.6 Å². The van der Waals surface area contributed by atoms with Gasteiger partial charge in [-0.25, -0.2) is 4.39 Å². The van der Waals surface area contributed by atoms with Crippen LogP contribution >= 0.6 is 0 Å². The lowest BCUT2D eigenvalue weighted by atomic mass is 10.1. The normalized spacial score (nSPS) is 12.1. The molecule has 1 aromatic carbocycles. The van der Waals surface area contributed by atoms with Gasteiger partial charge in [-0.1, -0.05) is 31.1 Å². The second-order valence-electron chi connectivity index (χ2n) is 4.98. The molecule has 4 N–H and O–H groups in total. The third kappa shape index (κ3) is 4.87. The fraction of sp³-hybridized carbons (Fsp3) is 0.500. The van der Waals surface area contributed by atoms with Gasteiger partial charge in [-0.2, -0.15) is 0 Å². The van der Waals surface area contributed by atoms with Crippen molar-refractivity contribution < 1.29 is 9.60 Å². The van der Waals surface area contributed by atoms with Crippen molar-refractivity contribution in [2.24, 2.45) is 16.8 Å². The van der Waals surface area contributed by atoms with E-state index in [0.717, 1.165) is 19.4 Å². The Bertz CT molecular complexity index is 433. The number of nitrogens with zero attached hydrogens (tertiary/aromatic N) is 1. The van der Waals surface area contributed by atoms with Crippen molar-refractivity contribution in [2.75, 3.05) is 6.54 Å². The average molecular weight is 267 g/mol. The molecular formula is C14H22FN3O. The van der Waals surface area contributed by atoms with Crippen LogP contribution < -0.4 is 11.1 Å². The zero-order valence-electron chi connectivity index (χ0n) is 11.5. The predicted octanol–water partition coefficient (Wildman–Crippen LogP) is 2.45. The summed E-state index contributed by atoms with van der Waals surface area (Å²) >= 11 is 0. The molecule has 5 heteroatoms. The van der Waals surface area contributed by atoms with Gasteiger partial charge >= 0.3 is 0 Å². The molecule has 0 aromatic heterocycles. The lowest BCUT2D eigenvalue weighted by Gasteiger charge is -2.09. The number of hydrogen-bond donors (Lipinski definition) is 3. The largest absolute Gasteiger partial charge is 0.409 e. The number of benzene rings is 1. The smallest absolute Gasteiger partial charge is 0.173 e. The Balaban J connectivity index is 2.55. The van der Waals surface area contributed by atoms with Crippen LogP contribution in [0.5, 0.6) is 0 Å². The van der Waals surface area contributed by atoms with E-state index >= 15 is 0 Å². The second-order valence-corrected chi connectivity index (χ2v) is 4.98. The SMILES string of the molecule is CC(C)CCCNCc1cccc(/C(N)=N/O)c1F. The number of hydrogen-bond acceptors (Lipinski definition) is 3. The number of oxime groups is 1. The van der Waals surface area contributed by atoms with Crippen LogP contribution in [0.1, 0.15) is 37.8 Å². The van der Waals surface area contributed by atoms with Gasteiger partial charge in [-0.05, 0) is 31.4 Å². The molecule has 0 unspecified atom stereocenters. The Kier molecular flexibility index (Phi) is 6.29. The van der Waals surface area contributed by atoms with Crippen molar-refractivity contribution in [2.45, 2.75) is 33.2 Å². The molecule has 0 bridgehead atoms. The first-order valence-electron chi connectivity index (χ1n) is 6.52. The van der Waals surface area contributed by atoms with Crippen LogP contribution in [0.25, 0.3) is 0 Å². The maximum atomic E-state index is 14.0. The summed E-state index contributed by atoms with van der Waals surface area (Å²) in [6.45, 7) is 5.65. The van der Waals surface area contributed by atoms with Crippen molar-refractivity contribution in [3.8, 4) is 0 Å². The van der Waals surface area contributed by atoms with Crippen LogP contribution in [0, 0.1) is 11.7 Å². The summed E-state index contributed by atoms with van der Waals surface area (Å²) in [6.07, 6.45) is 2.22. The fourth-order valence-corrected chi connectivity index (χ4v) is 1.83. The Hall–Kier alpha value is -1.62. The Morgan fingerprint density at radius 2 is 2.21 bits per heavy atom. The second kappa shape index (κ2) is 7.74. The molecule has 0 saturated carbocycles. The predicted molar refractivity (Wildman–Crippen MR) is 74.7 cm³/mol. The standard InChI is InChI=1S/C14H22FN3O/c1-10(2)5-4-8-17-9-11-6-3-7-12(13(11)15)14(16)18-19/h3,6-7,10,17,19H,4-5,8-9H2,1-2H3,(H2,16,18). The van der Waals surface area contributed by atoms with Crippen LogP contribution in [0.3, 0.4) is 0 Å². The maximum absolute atomic E-state index is 14.0. The molecule has 0 fully saturated rings. The molecule has 106 valence electrons. The molecule has 0 aliphatic carbocycles. The summed E-state index contributed by atoms with van der Waals surface area (Å²) in [6, 6.07) is 4.88. The lowest BCUT2D eigenvalue weighted by Crippen LogP contribution is -2.19. The molecule has 1 aromatic rings. The zero-order chi connectivity index (χ0) is 14.3. The third-order valence-electron chi connectivity index (χ3n) is 2.91. The number of nitrogens with two attached hydrogens (primary N) is 1. The molecule has 19 heavy (non-hydrogen) atoms. The maximum Gasteiger partial charge on any atom is 0.173 e. The van der Waals surface area contributed by atoms with Crippen LogP contribution in [0.4, 0.5) is 4.39 Å². The minimum atomic E-state index is -0.436. The van der Waals surface area contributed by atoms with Crippen LogP contribution in [-0.2, 0) is 6.54 Å². The van der Waals surface area contributed by atoms with Crippen LogP contribution in [-0.4, -0.2) is 17.6 Å². The van der Waals surface area contributed by atoms with E-state index in [1.165, 1.54) is 6.07 Å². The molecule has 0 heterocycles. The molecule has 0 aliphatic heterocycles. The monoisotopic (exact) mass is 267 g/mol. The molecule has 0 atom stereocenters. The average Bonchev–Trinajstić information content (AvgIpc) is 2.39. The Morgan fingerprint density at radius 1 is 1.47 bits per heavy atom. The van der Waals surface area contributed by atoms with E-state index in [9.17, 15) is 4.39 Å². The van der Waals surface area contributed by atoms with Crippen LogP contribution in [0.2, 0.25) is 0 Å². The molecule has 0 radical (unpaired) electrons. The summed E-state index contributed by atoms with van der Waals surface area (Å²) in [5.41, 5.74) is 6.06. The fourth-order valence-electron chi connectivity index (χ4n) is 1.83. The Morgan fingerprint density at radius 3 is 2.84 bits per heavy atom. The van der Waals surface area contributed by atoms with Gasteiger partial charge in [0.15, 0.2) is 5.84 Å². The highest BCUT2D eigenvalue weighted by Gasteiger charge is 2.10. The summed E-state index contributed by atoms with van der Waals surface area (Å²) < 4.78 is 14.0. The molecule has 0 spiro atoms. The van der Waals surface area contributed by atoms with E-state index in [2.05, 4.69) is 24.3 Å². The van der Waals surface area contributed by atoms with Crippen molar-refractivity contribution in [1.82, 2.24) is 5.32 Å². The van der Waals surface area contributed by atoms with E-state index in [1.54, 1.807) is 12.1 Å². The number of amidine groups is 1. The van der Waals surface area contributed by atoms with Crippen molar-refractivity contribution in [3.63, 3.8) is 0 Å². The van der Waals surface area contributed by atoms with Gasteiger partial charge in [0.05, 0.1) is 5.56 Å². The Labute approximate surface area is 113 Å². The molecule has 0 aliphatic rings. The summed E-state index contributed by atoms with van der Waals surface area (Å²) in [4.78, 5) is 0. The van der Waals surface area contributed by atoms with Gasteiger partial charge in [-0.3, -0.25) is 0 Å². The highest BCUT2D eigenvalue weighted by Crippen LogP contribution is 2.13. The molecular weight excluding hydrogens is 245 g/mol. The van der Waals surface area contributed by atoms with E-state index in [1.807, 2.05) is 0 Å². The molecule has 4 nitrogen and oxygen atoms in total. The van der Waals surface area contributed by atoms with Gasteiger partial charge in [-0.15, -0.1) is 0 Å². The quantitative estimate of drug-likeness (QED) is 0.234. The first-order valence-corrected chi connectivity index (χ1v) is 6.52. The highest BCUT2D eigenvalue weighted by atomic mass is 19.1. The van der Waals surface area contributed by atoms with Gasteiger partial charge in [0.1, 0.15) is 5.82 Å². The van der Waals surface area contributed by atoms with Gasteiger partial charge in [0.2, 0.25) is 0 Å². The van der Waals surface area contributed by atoms with Crippen molar-refractivity contribution in [3.05, 3.63) is 35.1 Å². The van der Waals surface area contributed by atoms with Gasteiger partial charge in [0, 0.05) is 12.1 Å². The molecule has 0 amide bonds. The first kappa shape index (κ1) is 15.4. The molecule has 1 rings (SSSR count). The van der Waals surface area contributed by atoms with Gasteiger partial charge in [0.25, 0.3) is 0 Å². The number of halogens is 1. The van der Waals surface area contributed by atoms with E-state index in [-0.39, 0.29) is 11.4 Å². The van der Waals surface area contributed by atoms with Gasteiger partial charge < -0.3 is 16.3 Å².